The van der Waals surface area contributed by atoms with Crippen LogP contribution in [0.15, 0.2) is 0 Å². The third kappa shape index (κ3) is 6.48. The first-order valence-corrected chi connectivity index (χ1v) is 5.32. The summed E-state index contributed by atoms with van der Waals surface area (Å²) in [5.74, 6) is -0.632. The summed E-state index contributed by atoms with van der Waals surface area (Å²) in [6.07, 6.45) is -5.58. The minimum Gasteiger partial charge on any atom is -0.468 e. The predicted octanol–water partition coefficient (Wildman–Crippen LogP) is 1.49. The first-order valence-electron chi connectivity index (χ1n) is 5.32. The van der Waals surface area contributed by atoms with Crippen molar-refractivity contribution in [1.82, 2.24) is 5.32 Å². The quantitative estimate of drug-likeness (QED) is 0.702. The summed E-state index contributed by atoms with van der Waals surface area (Å²) >= 11 is 0. The van der Waals surface area contributed by atoms with E-state index in [-0.39, 0.29) is 6.61 Å². The minimum absolute atomic E-state index is 0.368. The molecular formula is C10H18F3NO3. The van der Waals surface area contributed by atoms with Gasteiger partial charge >= 0.3 is 12.1 Å². The maximum atomic E-state index is 12.2. The van der Waals surface area contributed by atoms with E-state index in [0.717, 1.165) is 13.3 Å². The molecule has 2 unspecified atom stereocenters. The van der Waals surface area contributed by atoms with Gasteiger partial charge in [0, 0.05) is 0 Å². The molecule has 0 rings (SSSR count). The fourth-order valence-corrected chi connectivity index (χ4v) is 1.01. The molecule has 17 heavy (non-hydrogen) atoms. The number of esters is 1. The third-order valence-electron chi connectivity index (χ3n) is 2.10. The topological polar surface area (TPSA) is 47.6 Å². The van der Waals surface area contributed by atoms with E-state index in [1.165, 1.54) is 7.11 Å². The van der Waals surface area contributed by atoms with Crippen LogP contribution >= 0.6 is 0 Å². The van der Waals surface area contributed by atoms with Crippen LogP contribution in [0.4, 0.5) is 13.2 Å². The molecule has 0 saturated heterocycles. The summed E-state index contributed by atoms with van der Waals surface area (Å²) in [5, 5.41) is 2.76. The van der Waals surface area contributed by atoms with Gasteiger partial charge in [0.05, 0.1) is 13.7 Å². The number of alkyl halides is 3. The van der Waals surface area contributed by atoms with Crippen molar-refractivity contribution >= 4 is 5.97 Å². The first-order chi connectivity index (χ1) is 7.82. The summed E-state index contributed by atoms with van der Waals surface area (Å²) in [4.78, 5) is 11.2. The van der Waals surface area contributed by atoms with Crippen LogP contribution < -0.4 is 5.32 Å². The molecule has 0 aliphatic rings. The van der Waals surface area contributed by atoms with Gasteiger partial charge in [0.15, 0.2) is 6.10 Å². The van der Waals surface area contributed by atoms with Crippen LogP contribution in [-0.2, 0) is 14.3 Å². The van der Waals surface area contributed by atoms with Gasteiger partial charge < -0.3 is 14.8 Å². The van der Waals surface area contributed by atoms with E-state index >= 15 is 0 Å². The highest BCUT2D eigenvalue weighted by Crippen LogP contribution is 2.22. The van der Waals surface area contributed by atoms with Crippen LogP contribution in [0.3, 0.4) is 0 Å². The van der Waals surface area contributed by atoms with Gasteiger partial charge in [0.25, 0.3) is 0 Å². The van der Waals surface area contributed by atoms with Gasteiger partial charge in [-0.05, 0) is 19.9 Å². The van der Waals surface area contributed by atoms with E-state index in [4.69, 9.17) is 0 Å². The standard InChI is InChI=1S/C10H18F3NO3/c1-4-5-14-8(9(15)16-3)6-17-7(2)10(11,12)13/h7-8,14H,4-6H2,1-3H3. The maximum Gasteiger partial charge on any atom is 0.414 e. The Morgan fingerprint density at radius 3 is 2.41 bits per heavy atom. The summed E-state index contributed by atoms with van der Waals surface area (Å²) in [7, 11) is 1.18. The van der Waals surface area contributed by atoms with Crippen LogP contribution in [0, 0.1) is 0 Å². The Bertz CT molecular complexity index is 233. The molecule has 0 spiro atoms. The van der Waals surface area contributed by atoms with E-state index in [2.05, 4.69) is 14.8 Å². The highest BCUT2D eigenvalue weighted by molar-refractivity contribution is 5.75. The zero-order valence-electron chi connectivity index (χ0n) is 10.1. The lowest BCUT2D eigenvalue weighted by atomic mass is 10.3. The van der Waals surface area contributed by atoms with Crippen molar-refractivity contribution in [3.05, 3.63) is 0 Å². The zero-order chi connectivity index (χ0) is 13.5. The van der Waals surface area contributed by atoms with Gasteiger partial charge in [0.2, 0.25) is 0 Å². The molecule has 4 nitrogen and oxygen atoms in total. The number of carbonyl (C=O) groups is 1. The van der Waals surface area contributed by atoms with Crippen molar-refractivity contribution in [2.45, 2.75) is 38.6 Å². The number of hydrogen-bond donors (Lipinski definition) is 1. The normalized spacial score (nSPS) is 15.4. The van der Waals surface area contributed by atoms with E-state index in [9.17, 15) is 18.0 Å². The van der Waals surface area contributed by atoms with Crippen molar-refractivity contribution in [3.63, 3.8) is 0 Å². The van der Waals surface area contributed by atoms with Crippen LogP contribution in [0.2, 0.25) is 0 Å². The Labute approximate surface area is 98.5 Å². The van der Waals surface area contributed by atoms with Crippen LogP contribution in [0.5, 0.6) is 0 Å². The van der Waals surface area contributed by atoms with Crippen molar-refractivity contribution in [1.29, 1.82) is 0 Å². The molecule has 0 amide bonds. The molecular weight excluding hydrogens is 239 g/mol. The molecule has 1 N–H and O–H groups in total. The fraction of sp³-hybridized carbons (Fsp3) is 0.900. The first kappa shape index (κ1) is 16.2. The number of hydrogen-bond acceptors (Lipinski definition) is 4. The molecule has 0 fully saturated rings. The SMILES string of the molecule is CCCNC(COC(C)C(F)(F)F)C(=O)OC. The van der Waals surface area contributed by atoms with E-state index in [1.54, 1.807) is 0 Å². The van der Waals surface area contributed by atoms with Crippen LogP contribution in [0.1, 0.15) is 20.3 Å². The van der Waals surface area contributed by atoms with Crippen LogP contribution in [0.25, 0.3) is 0 Å². The molecule has 0 aliphatic heterocycles. The molecule has 0 bridgehead atoms. The average Bonchev–Trinajstić information content (AvgIpc) is 2.26. The van der Waals surface area contributed by atoms with Crippen molar-refractivity contribution in [3.8, 4) is 0 Å². The number of methoxy groups -OCH3 is 1. The summed E-state index contributed by atoms with van der Waals surface area (Å²) < 4.78 is 45.6. The lowest BCUT2D eigenvalue weighted by molar-refractivity contribution is -0.216. The second-order valence-corrected chi connectivity index (χ2v) is 3.55. The van der Waals surface area contributed by atoms with Gasteiger partial charge in [-0.1, -0.05) is 6.92 Å². The molecule has 0 aliphatic carbocycles. The lowest BCUT2D eigenvalue weighted by Crippen LogP contribution is -2.44. The predicted molar refractivity (Wildman–Crippen MR) is 55.6 cm³/mol. The lowest BCUT2D eigenvalue weighted by Gasteiger charge is -2.20. The number of ether oxygens (including phenoxy) is 2. The third-order valence-corrected chi connectivity index (χ3v) is 2.10. The largest absolute Gasteiger partial charge is 0.468 e. The summed E-state index contributed by atoms with van der Waals surface area (Å²) in [6, 6.07) is -0.871. The Kier molecular flexibility index (Phi) is 7.13. The monoisotopic (exact) mass is 257 g/mol. The smallest absolute Gasteiger partial charge is 0.414 e. The number of nitrogens with one attached hydrogen (secondary N) is 1. The number of halogens is 3. The van der Waals surface area contributed by atoms with Crippen molar-refractivity contribution in [2.75, 3.05) is 20.3 Å². The van der Waals surface area contributed by atoms with Gasteiger partial charge in [-0.3, -0.25) is 4.79 Å². The number of rotatable bonds is 7. The van der Waals surface area contributed by atoms with E-state index < -0.39 is 24.3 Å². The molecule has 7 heteroatoms. The number of carbonyl (C=O) groups excluding carboxylic acids is 1. The molecule has 102 valence electrons. The second-order valence-electron chi connectivity index (χ2n) is 3.55. The highest BCUT2D eigenvalue weighted by atomic mass is 19.4. The van der Waals surface area contributed by atoms with Gasteiger partial charge in [-0.15, -0.1) is 0 Å². The maximum absolute atomic E-state index is 12.2. The molecule has 2 atom stereocenters. The average molecular weight is 257 g/mol. The Morgan fingerprint density at radius 1 is 1.41 bits per heavy atom. The summed E-state index contributed by atoms with van der Waals surface area (Å²) in [5.41, 5.74) is 0. The molecule has 0 saturated carbocycles. The fourth-order valence-electron chi connectivity index (χ4n) is 1.01. The van der Waals surface area contributed by atoms with Crippen molar-refractivity contribution < 1.29 is 27.4 Å². The summed E-state index contributed by atoms with van der Waals surface area (Å²) in [6.45, 7) is 2.91. The van der Waals surface area contributed by atoms with E-state index in [0.29, 0.717) is 6.54 Å². The molecule has 0 aromatic rings. The molecule has 0 radical (unpaired) electrons. The minimum atomic E-state index is -4.43. The molecule has 0 aromatic carbocycles. The Morgan fingerprint density at radius 2 is 2.00 bits per heavy atom. The Hall–Kier alpha value is -0.820. The van der Waals surface area contributed by atoms with Crippen LogP contribution in [-0.4, -0.2) is 44.6 Å². The van der Waals surface area contributed by atoms with Gasteiger partial charge in [-0.2, -0.15) is 13.2 Å². The Balaban J connectivity index is 4.20. The molecule has 0 heterocycles. The second kappa shape index (κ2) is 7.50. The zero-order valence-corrected chi connectivity index (χ0v) is 10.1. The van der Waals surface area contributed by atoms with E-state index in [1.807, 2.05) is 6.92 Å². The van der Waals surface area contributed by atoms with Crippen molar-refractivity contribution in [2.24, 2.45) is 0 Å². The van der Waals surface area contributed by atoms with Gasteiger partial charge in [-0.25, -0.2) is 0 Å². The molecule has 0 aromatic heterocycles. The van der Waals surface area contributed by atoms with Gasteiger partial charge in [0.1, 0.15) is 6.04 Å². The highest BCUT2D eigenvalue weighted by Gasteiger charge is 2.37.